The van der Waals surface area contributed by atoms with Crippen LogP contribution in [0.3, 0.4) is 0 Å². The third-order valence-electron chi connectivity index (χ3n) is 2.97. The van der Waals surface area contributed by atoms with E-state index in [9.17, 15) is 0 Å². The first kappa shape index (κ1) is 14.6. The van der Waals surface area contributed by atoms with Gasteiger partial charge in [-0.2, -0.15) is 5.10 Å². The van der Waals surface area contributed by atoms with Crippen LogP contribution in [-0.2, 0) is 13.0 Å². The van der Waals surface area contributed by atoms with Gasteiger partial charge in [0.25, 0.3) is 0 Å². The van der Waals surface area contributed by atoms with Crippen LogP contribution in [0.2, 0.25) is 0 Å². The number of likely N-dealkylation sites (N-methyl/N-ethyl adjacent to an activating group) is 1. The SMILES string of the molecule is CCNC(Cc1ncnn1CC(C)C)c1ncccn1. The summed E-state index contributed by atoms with van der Waals surface area (Å²) in [5.41, 5.74) is 0. The van der Waals surface area contributed by atoms with E-state index in [-0.39, 0.29) is 6.04 Å². The molecule has 0 fully saturated rings. The Balaban J connectivity index is 2.14. The van der Waals surface area contributed by atoms with E-state index in [4.69, 9.17) is 0 Å². The van der Waals surface area contributed by atoms with E-state index in [1.807, 2.05) is 10.7 Å². The van der Waals surface area contributed by atoms with Crippen molar-refractivity contribution in [1.82, 2.24) is 30.0 Å². The lowest BCUT2D eigenvalue weighted by Gasteiger charge is -2.16. The summed E-state index contributed by atoms with van der Waals surface area (Å²) in [5.74, 6) is 2.31. The van der Waals surface area contributed by atoms with Crippen molar-refractivity contribution < 1.29 is 0 Å². The second-order valence-electron chi connectivity index (χ2n) is 5.17. The first-order valence-electron chi connectivity index (χ1n) is 7.07. The molecule has 2 aromatic rings. The molecule has 0 amide bonds. The molecule has 0 saturated heterocycles. The fourth-order valence-electron chi connectivity index (χ4n) is 2.12. The standard InChI is InChI=1S/C14H22N6/c1-4-15-12(14-16-6-5-7-17-14)8-13-18-10-19-20(13)9-11(2)3/h5-7,10-12,15H,4,8-9H2,1-3H3. The monoisotopic (exact) mass is 274 g/mol. The molecule has 0 bridgehead atoms. The Hall–Kier alpha value is -1.82. The zero-order valence-electron chi connectivity index (χ0n) is 12.3. The van der Waals surface area contributed by atoms with Crippen LogP contribution < -0.4 is 5.32 Å². The molecule has 0 radical (unpaired) electrons. The maximum atomic E-state index is 4.37. The Bertz CT molecular complexity index is 507. The van der Waals surface area contributed by atoms with Gasteiger partial charge >= 0.3 is 0 Å². The van der Waals surface area contributed by atoms with Crippen LogP contribution in [0.5, 0.6) is 0 Å². The van der Waals surface area contributed by atoms with Gasteiger partial charge < -0.3 is 5.32 Å². The molecular formula is C14H22N6. The maximum absolute atomic E-state index is 4.37. The third kappa shape index (κ3) is 3.84. The van der Waals surface area contributed by atoms with Crippen molar-refractivity contribution >= 4 is 0 Å². The predicted octanol–water partition coefficient (Wildman–Crippen LogP) is 1.62. The molecule has 0 aliphatic rings. The average molecular weight is 274 g/mol. The lowest BCUT2D eigenvalue weighted by Crippen LogP contribution is -2.26. The molecule has 0 saturated carbocycles. The largest absolute Gasteiger partial charge is 0.307 e. The molecule has 2 aromatic heterocycles. The van der Waals surface area contributed by atoms with Crippen molar-refractivity contribution in [2.45, 2.75) is 39.8 Å². The molecule has 6 heteroatoms. The van der Waals surface area contributed by atoms with Crippen molar-refractivity contribution in [3.63, 3.8) is 0 Å². The van der Waals surface area contributed by atoms with E-state index in [2.05, 4.69) is 46.1 Å². The Kier molecular flexibility index (Phi) is 5.17. The Morgan fingerprint density at radius 2 is 1.95 bits per heavy atom. The summed E-state index contributed by atoms with van der Waals surface area (Å²) in [7, 11) is 0. The van der Waals surface area contributed by atoms with E-state index < -0.39 is 0 Å². The lowest BCUT2D eigenvalue weighted by molar-refractivity contribution is 0.441. The minimum Gasteiger partial charge on any atom is -0.307 e. The summed E-state index contributed by atoms with van der Waals surface area (Å²) < 4.78 is 1.97. The topological polar surface area (TPSA) is 68.5 Å². The molecule has 0 aliphatic carbocycles. The zero-order chi connectivity index (χ0) is 14.4. The summed E-state index contributed by atoms with van der Waals surface area (Å²) in [6, 6.07) is 1.89. The van der Waals surface area contributed by atoms with E-state index in [0.717, 1.165) is 31.2 Å². The van der Waals surface area contributed by atoms with Crippen molar-refractivity contribution in [2.75, 3.05) is 6.54 Å². The average Bonchev–Trinajstić information content (AvgIpc) is 2.86. The highest BCUT2D eigenvalue weighted by molar-refractivity contribution is 5.01. The summed E-state index contributed by atoms with van der Waals surface area (Å²) in [6.07, 6.45) is 5.90. The van der Waals surface area contributed by atoms with Gasteiger partial charge in [0.2, 0.25) is 0 Å². The van der Waals surface area contributed by atoms with Crippen LogP contribution >= 0.6 is 0 Å². The van der Waals surface area contributed by atoms with Crippen LogP contribution in [-0.4, -0.2) is 31.3 Å². The van der Waals surface area contributed by atoms with Gasteiger partial charge in [-0.15, -0.1) is 0 Å². The van der Waals surface area contributed by atoms with Gasteiger partial charge in [0, 0.05) is 25.4 Å². The van der Waals surface area contributed by atoms with E-state index in [0.29, 0.717) is 5.92 Å². The van der Waals surface area contributed by atoms with Crippen LogP contribution in [0.15, 0.2) is 24.8 Å². The Labute approximate surface area is 119 Å². The van der Waals surface area contributed by atoms with Crippen LogP contribution in [0, 0.1) is 5.92 Å². The van der Waals surface area contributed by atoms with Crippen molar-refractivity contribution in [2.24, 2.45) is 5.92 Å². The first-order chi connectivity index (χ1) is 9.70. The molecule has 108 valence electrons. The number of aromatic nitrogens is 5. The highest BCUT2D eigenvalue weighted by Crippen LogP contribution is 2.13. The van der Waals surface area contributed by atoms with Gasteiger partial charge in [-0.05, 0) is 18.5 Å². The minimum atomic E-state index is 0.0660. The van der Waals surface area contributed by atoms with E-state index in [1.54, 1.807) is 18.7 Å². The summed E-state index contributed by atoms with van der Waals surface area (Å²) >= 11 is 0. The number of hydrogen-bond donors (Lipinski definition) is 1. The molecule has 1 N–H and O–H groups in total. The maximum Gasteiger partial charge on any atom is 0.145 e. The van der Waals surface area contributed by atoms with Gasteiger partial charge in [0.05, 0.1) is 6.04 Å². The second kappa shape index (κ2) is 7.09. The number of rotatable bonds is 7. The Morgan fingerprint density at radius 3 is 2.60 bits per heavy atom. The number of nitrogens with one attached hydrogen (secondary N) is 1. The molecule has 1 unspecified atom stereocenters. The van der Waals surface area contributed by atoms with Crippen molar-refractivity contribution in [3.05, 3.63) is 36.4 Å². The van der Waals surface area contributed by atoms with Gasteiger partial charge in [-0.1, -0.05) is 20.8 Å². The first-order valence-corrected chi connectivity index (χ1v) is 7.07. The fourth-order valence-corrected chi connectivity index (χ4v) is 2.12. The van der Waals surface area contributed by atoms with Crippen molar-refractivity contribution in [1.29, 1.82) is 0 Å². The highest BCUT2D eigenvalue weighted by atomic mass is 15.3. The molecule has 0 aliphatic heterocycles. The van der Waals surface area contributed by atoms with Gasteiger partial charge in [-0.3, -0.25) is 0 Å². The summed E-state index contributed by atoms with van der Waals surface area (Å²) in [5, 5.41) is 7.71. The molecule has 2 heterocycles. The van der Waals surface area contributed by atoms with Gasteiger partial charge in [0.15, 0.2) is 0 Å². The fraction of sp³-hybridized carbons (Fsp3) is 0.571. The summed E-state index contributed by atoms with van der Waals surface area (Å²) in [4.78, 5) is 13.0. The van der Waals surface area contributed by atoms with E-state index >= 15 is 0 Å². The lowest BCUT2D eigenvalue weighted by atomic mass is 10.1. The van der Waals surface area contributed by atoms with Crippen LogP contribution in [0.4, 0.5) is 0 Å². The Morgan fingerprint density at radius 1 is 1.20 bits per heavy atom. The molecule has 20 heavy (non-hydrogen) atoms. The third-order valence-corrected chi connectivity index (χ3v) is 2.97. The van der Waals surface area contributed by atoms with Gasteiger partial charge in [-0.25, -0.2) is 19.6 Å². The molecule has 0 aromatic carbocycles. The zero-order valence-corrected chi connectivity index (χ0v) is 12.3. The number of nitrogens with zero attached hydrogens (tertiary/aromatic N) is 5. The van der Waals surface area contributed by atoms with Crippen LogP contribution in [0.1, 0.15) is 38.5 Å². The van der Waals surface area contributed by atoms with Crippen LogP contribution in [0.25, 0.3) is 0 Å². The van der Waals surface area contributed by atoms with E-state index in [1.165, 1.54) is 0 Å². The second-order valence-corrected chi connectivity index (χ2v) is 5.17. The highest BCUT2D eigenvalue weighted by Gasteiger charge is 2.17. The molecule has 0 spiro atoms. The quantitative estimate of drug-likeness (QED) is 0.831. The normalized spacial score (nSPS) is 12.8. The smallest absolute Gasteiger partial charge is 0.145 e. The van der Waals surface area contributed by atoms with Gasteiger partial charge in [0.1, 0.15) is 18.0 Å². The summed E-state index contributed by atoms with van der Waals surface area (Å²) in [6.45, 7) is 8.17. The molecule has 1 atom stereocenters. The molecule has 6 nitrogen and oxygen atoms in total. The minimum absolute atomic E-state index is 0.0660. The number of hydrogen-bond acceptors (Lipinski definition) is 5. The van der Waals surface area contributed by atoms with Crippen molar-refractivity contribution in [3.8, 4) is 0 Å². The molecular weight excluding hydrogens is 252 g/mol. The predicted molar refractivity (Wildman–Crippen MR) is 77.0 cm³/mol. The molecule has 2 rings (SSSR count).